The third-order valence-corrected chi connectivity index (χ3v) is 6.64. The monoisotopic (exact) mass is 390 g/mol. The Morgan fingerprint density at radius 2 is 1.81 bits per heavy atom. The number of pyridine rings is 1. The molecule has 0 unspecified atom stereocenters. The number of sulfonamides is 1. The van der Waals surface area contributed by atoms with Crippen molar-refractivity contribution in [2.45, 2.75) is 37.5 Å². The van der Waals surface area contributed by atoms with Gasteiger partial charge in [-0.15, -0.1) is 0 Å². The number of aromatic nitrogens is 1. The van der Waals surface area contributed by atoms with Gasteiger partial charge in [0.2, 0.25) is 10.0 Å². The molecule has 2 heterocycles. The van der Waals surface area contributed by atoms with Gasteiger partial charge in [0, 0.05) is 24.8 Å². The first-order valence-electron chi connectivity index (χ1n) is 8.86. The summed E-state index contributed by atoms with van der Waals surface area (Å²) >= 11 is 0. The molecular weight excluding hydrogens is 368 g/mol. The molecular formula is C18H22N4O4S. The van der Waals surface area contributed by atoms with Gasteiger partial charge >= 0.3 is 0 Å². The maximum Gasteiger partial charge on any atom is 0.287 e. The van der Waals surface area contributed by atoms with E-state index in [-0.39, 0.29) is 10.6 Å². The van der Waals surface area contributed by atoms with Crippen LogP contribution in [0.25, 0.3) is 0 Å². The molecule has 0 aliphatic carbocycles. The first-order chi connectivity index (χ1) is 12.9. The Hall–Kier alpha value is -2.52. The maximum atomic E-state index is 13.1. The Morgan fingerprint density at radius 3 is 2.41 bits per heavy atom. The summed E-state index contributed by atoms with van der Waals surface area (Å²) < 4.78 is 27.8. The van der Waals surface area contributed by atoms with Crippen molar-refractivity contribution in [2.75, 3.05) is 18.4 Å². The topological polar surface area (TPSA) is 105 Å². The molecule has 1 aliphatic heterocycles. The molecule has 0 atom stereocenters. The van der Waals surface area contributed by atoms with E-state index < -0.39 is 14.9 Å². The zero-order valence-corrected chi connectivity index (χ0v) is 15.9. The van der Waals surface area contributed by atoms with Crippen LogP contribution in [0.4, 0.5) is 17.2 Å². The molecule has 0 radical (unpaired) electrons. The van der Waals surface area contributed by atoms with Crippen molar-refractivity contribution >= 4 is 27.2 Å². The number of nitrogens with one attached hydrogen (secondary N) is 1. The van der Waals surface area contributed by atoms with Crippen molar-refractivity contribution in [1.29, 1.82) is 0 Å². The fraction of sp³-hybridized carbons (Fsp3) is 0.389. The molecule has 1 saturated heterocycles. The molecule has 8 nitrogen and oxygen atoms in total. The minimum absolute atomic E-state index is 0.103. The molecule has 9 heteroatoms. The average Bonchev–Trinajstić information content (AvgIpc) is 2.93. The molecule has 0 spiro atoms. The van der Waals surface area contributed by atoms with Crippen LogP contribution < -0.4 is 5.32 Å². The average molecular weight is 390 g/mol. The Labute approximate surface area is 158 Å². The highest BCUT2D eigenvalue weighted by molar-refractivity contribution is 7.89. The van der Waals surface area contributed by atoms with Crippen LogP contribution in [0.1, 0.15) is 31.2 Å². The molecule has 1 aromatic heterocycles. The Balaban J connectivity index is 1.86. The Kier molecular flexibility index (Phi) is 5.71. The van der Waals surface area contributed by atoms with Crippen molar-refractivity contribution in [3.05, 3.63) is 52.2 Å². The molecule has 0 bridgehead atoms. The second-order valence-electron chi connectivity index (χ2n) is 6.58. The third kappa shape index (κ3) is 4.42. The normalized spacial score (nSPS) is 15.9. The first kappa shape index (κ1) is 19.2. The number of hydrogen-bond acceptors (Lipinski definition) is 6. The first-order valence-corrected chi connectivity index (χ1v) is 10.3. The van der Waals surface area contributed by atoms with Crippen LogP contribution in [-0.2, 0) is 10.0 Å². The Bertz CT molecular complexity index is 921. The fourth-order valence-corrected chi connectivity index (χ4v) is 4.86. The summed E-state index contributed by atoms with van der Waals surface area (Å²) in [6, 6.07) is 7.94. The van der Waals surface area contributed by atoms with Crippen molar-refractivity contribution in [3.63, 3.8) is 0 Å². The number of hydrogen-bond donors (Lipinski definition) is 1. The van der Waals surface area contributed by atoms with Gasteiger partial charge in [-0.25, -0.2) is 13.4 Å². The largest absolute Gasteiger partial charge is 0.340 e. The van der Waals surface area contributed by atoms with Gasteiger partial charge < -0.3 is 5.32 Å². The number of nitro groups is 1. The summed E-state index contributed by atoms with van der Waals surface area (Å²) in [5, 5.41) is 13.7. The molecule has 0 saturated carbocycles. The maximum absolute atomic E-state index is 13.1. The SMILES string of the molecule is Cc1ccc(Nc2ccc([N+](=O)[O-])cn2)cc1S(=O)(=O)N1CCCCCC1. The lowest BCUT2D eigenvalue weighted by atomic mass is 10.2. The number of benzene rings is 1. The van der Waals surface area contributed by atoms with Gasteiger partial charge in [-0.3, -0.25) is 10.1 Å². The predicted molar refractivity (Wildman–Crippen MR) is 103 cm³/mol. The van der Waals surface area contributed by atoms with Crippen LogP contribution in [0.2, 0.25) is 0 Å². The van der Waals surface area contributed by atoms with E-state index in [4.69, 9.17) is 0 Å². The summed E-state index contributed by atoms with van der Waals surface area (Å²) in [5.74, 6) is 0.405. The molecule has 144 valence electrons. The quantitative estimate of drug-likeness (QED) is 0.618. The van der Waals surface area contributed by atoms with E-state index in [1.54, 1.807) is 29.4 Å². The van der Waals surface area contributed by atoms with Crippen molar-refractivity contribution in [3.8, 4) is 0 Å². The van der Waals surface area contributed by atoms with Crippen molar-refractivity contribution in [1.82, 2.24) is 9.29 Å². The molecule has 1 aliphatic rings. The summed E-state index contributed by atoms with van der Waals surface area (Å²) in [6.07, 6.45) is 5.02. The minimum Gasteiger partial charge on any atom is -0.340 e. The van der Waals surface area contributed by atoms with Crippen LogP contribution in [0.15, 0.2) is 41.4 Å². The third-order valence-electron chi connectivity index (χ3n) is 4.60. The van der Waals surface area contributed by atoms with Crippen LogP contribution >= 0.6 is 0 Å². The van der Waals surface area contributed by atoms with Gasteiger partial charge in [-0.1, -0.05) is 18.9 Å². The predicted octanol–water partition coefficient (Wildman–Crippen LogP) is 3.61. The summed E-state index contributed by atoms with van der Waals surface area (Å²) in [5.41, 5.74) is 1.14. The molecule has 0 amide bonds. The van der Waals surface area contributed by atoms with Gasteiger partial charge in [0.1, 0.15) is 12.0 Å². The molecule has 1 fully saturated rings. The van der Waals surface area contributed by atoms with Crippen LogP contribution in [0.5, 0.6) is 0 Å². The number of aryl methyl sites for hydroxylation is 1. The van der Waals surface area contributed by atoms with Gasteiger partial charge in [0.25, 0.3) is 5.69 Å². The lowest BCUT2D eigenvalue weighted by Gasteiger charge is -2.21. The summed E-state index contributed by atoms with van der Waals surface area (Å²) in [7, 11) is -3.57. The standard InChI is InChI=1S/C18H22N4O4S/c1-14-6-7-15(20-18-9-8-16(13-19-18)22(23)24)12-17(14)27(25,26)21-10-4-2-3-5-11-21/h6-9,12-13H,2-5,10-11H2,1H3,(H,19,20). The molecule has 3 rings (SSSR count). The zero-order valence-electron chi connectivity index (χ0n) is 15.1. The van der Waals surface area contributed by atoms with Crippen molar-refractivity contribution < 1.29 is 13.3 Å². The van der Waals surface area contributed by atoms with Crippen LogP contribution in [0, 0.1) is 17.0 Å². The highest BCUT2D eigenvalue weighted by atomic mass is 32.2. The molecule has 27 heavy (non-hydrogen) atoms. The van der Waals surface area contributed by atoms with Gasteiger partial charge in [-0.05, 0) is 43.5 Å². The summed E-state index contributed by atoms with van der Waals surface area (Å²) in [6.45, 7) is 2.87. The van der Waals surface area contributed by atoms with E-state index >= 15 is 0 Å². The van der Waals surface area contributed by atoms with Crippen molar-refractivity contribution in [2.24, 2.45) is 0 Å². The van der Waals surface area contributed by atoms with E-state index in [0.717, 1.165) is 31.9 Å². The smallest absolute Gasteiger partial charge is 0.287 e. The second kappa shape index (κ2) is 8.01. The lowest BCUT2D eigenvalue weighted by Crippen LogP contribution is -2.32. The zero-order chi connectivity index (χ0) is 19.4. The molecule has 1 aromatic carbocycles. The lowest BCUT2D eigenvalue weighted by molar-refractivity contribution is -0.385. The number of rotatable bonds is 5. The van der Waals surface area contributed by atoms with Gasteiger partial charge in [-0.2, -0.15) is 4.31 Å². The van der Waals surface area contributed by atoms with E-state index in [2.05, 4.69) is 10.3 Å². The molecule has 2 aromatic rings. The van der Waals surface area contributed by atoms with E-state index in [1.165, 1.54) is 12.1 Å². The van der Waals surface area contributed by atoms with E-state index in [9.17, 15) is 18.5 Å². The van der Waals surface area contributed by atoms with Crippen LogP contribution in [-0.4, -0.2) is 35.7 Å². The minimum atomic E-state index is -3.57. The van der Waals surface area contributed by atoms with E-state index in [0.29, 0.717) is 30.2 Å². The second-order valence-corrected chi connectivity index (χ2v) is 8.49. The highest BCUT2D eigenvalue weighted by Crippen LogP contribution is 2.27. The number of anilines is 2. The Morgan fingerprint density at radius 1 is 1.11 bits per heavy atom. The van der Waals surface area contributed by atoms with E-state index in [1.807, 2.05) is 0 Å². The van der Waals surface area contributed by atoms with Gasteiger partial charge in [0.05, 0.1) is 9.82 Å². The fourth-order valence-electron chi connectivity index (χ4n) is 3.09. The van der Waals surface area contributed by atoms with Gasteiger partial charge in [0.15, 0.2) is 0 Å². The van der Waals surface area contributed by atoms with Crippen LogP contribution in [0.3, 0.4) is 0 Å². The molecule has 1 N–H and O–H groups in total. The summed E-state index contributed by atoms with van der Waals surface area (Å²) in [4.78, 5) is 14.5. The number of nitrogens with zero attached hydrogens (tertiary/aromatic N) is 3. The highest BCUT2D eigenvalue weighted by Gasteiger charge is 2.26.